The van der Waals surface area contributed by atoms with Crippen molar-refractivity contribution in [2.75, 3.05) is 18.0 Å². The van der Waals surface area contributed by atoms with Crippen molar-refractivity contribution in [3.05, 3.63) is 46.6 Å². The average molecular weight is 349 g/mol. The van der Waals surface area contributed by atoms with E-state index in [0.29, 0.717) is 26.1 Å². The summed E-state index contributed by atoms with van der Waals surface area (Å²) in [5, 5.41) is 4.34. The second-order valence-electron chi connectivity index (χ2n) is 5.28. The summed E-state index contributed by atoms with van der Waals surface area (Å²) in [6, 6.07) is 9.98. The molecule has 1 aliphatic heterocycles. The molecule has 6 heteroatoms. The predicted molar refractivity (Wildman–Crippen MR) is 85.0 cm³/mol. The van der Waals surface area contributed by atoms with Crippen molar-refractivity contribution < 1.29 is 4.79 Å². The van der Waals surface area contributed by atoms with E-state index in [0.717, 1.165) is 15.9 Å². The Labute approximate surface area is 131 Å². The van der Waals surface area contributed by atoms with Crippen LogP contribution in [0.4, 0.5) is 5.82 Å². The molecule has 0 radical (unpaired) electrons. The molecule has 0 bridgehead atoms. The molecular formula is C15H17BrN4O. The summed E-state index contributed by atoms with van der Waals surface area (Å²) in [7, 11) is 0. The monoisotopic (exact) mass is 348 g/mol. The minimum Gasteiger partial charge on any atom is -0.330 e. The van der Waals surface area contributed by atoms with Crippen LogP contribution < -0.4 is 10.6 Å². The number of halogens is 1. The highest BCUT2D eigenvalue weighted by molar-refractivity contribution is 9.10. The Hall–Kier alpha value is -1.66. The van der Waals surface area contributed by atoms with E-state index in [-0.39, 0.29) is 11.8 Å². The van der Waals surface area contributed by atoms with E-state index >= 15 is 0 Å². The molecule has 1 unspecified atom stereocenters. The molecular weight excluding hydrogens is 332 g/mol. The highest BCUT2D eigenvalue weighted by Gasteiger charge is 2.31. The Morgan fingerprint density at radius 1 is 1.29 bits per heavy atom. The van der Waals surface area contributed by atoms with Gasteiger partial charge in [0, 0.05) is 23.5 Å². The lowest BCUT2D eigenvalue weighted by atomic mass is 10.1. The summed E-state index contributed by atoms with van der Waals surface area (Å²) in [4.78, 5) is 13.9. The minimum absolute atomic E-state index is 0.128. The summed E-state index contributed by atoms with van der Waals surface area (Å²) >= 11 is 3.43. The highest BCUT2D eigenvalue weighted by Crippen LogP contribution is 2.25. The van der Waals surface area contributed by atoms with E-state index in [9.17, 15) is 4.79 Å². The van der Waals surface area contributed by atoms with Crippen LogP contribution in [0, 0.1) is 5.92 Å². The first-order valence-electron chi connectivity index (χ1n) is 6.94. The van der Waals surface area contributed by atoms with Gasteiger partial charge in [0.15, 0.2) is 0 Å². The van der Waals surface area contributed by atoms with Crippen molar-refractivity contribution in [1.82, 2.24) is 9.78 Å². The maximum atomic E-state index is 12.1. The smallest absolute Gasteiger partial charge is 0.228 e. The molecule has 0 saturated carbocycles. The van der Waals surface area contributed by atoms with Crippen LogP contribution in [0.3, 0.4) is 0 Å². The number of hydrogen-bond acceptors (Lipinski definition) is 3. The van der Waals surface area contributed by atoms with Crippen LogP contribution in [0.15, 0.2) is 41.0 Å². The van der Waals surface area contributed by atoms with Gasteiger partial charge in [-0.3, -0.25) is 9.69 Å². The van der Waals surface area contributed by atoms with Crippen LogP contribution >= 0.6 is 15.9 Å². The Kier molecular flexibility index (Phi) is 4.07. The summed E-state index contributed by atoms with van der Waals surface area (Å²) in [6.45, 7) is 1.87. The summed E-state index contributed by atoms with van der Waals surface area (Å²) < 4.78 is 2.91. The van der Waals surface area contributed by atoms with Crippen molar-refractivity contribution in [1.29, 1.82) is 0 Å². The molecule has 1 fully saturated rings. The third-order valence-electron chi connectivity index (χ3n) is 3.75. The minimum atomic E-state index is 0.128. The quantitative estimate of drug-likeness (QED) is 0.918. The zero-order valence-corrected chi connectivity index (χ0v) is 13.2. The average Bonchev–Trinajstić information content (AvgIpc) is 3.07. The second-order valence-corrected chi connectivity index (χ2v) is 6.20. The van der Waals surface area contributed by atoms with Gasteiger partial charge in [0.2, 0.25) is 5.91 Å². The van der Waals surface area contributed by atoms with E-state index in [1.165, 1.54) is 0 Å². The van der Waals surface area contributed by atoms with Crippen molar-refractivity contribution >= 4 is 27.7 Å². The highest BCUT2D eigenvalue weighted by atomic mass is 79.9. The second kappa shape index (κ2) is 5.99. The van der Waals surface area contributed by atoms with Gasteiger partial charge in [-0.05, 0) is 30.2 Å². The molecule has 1 aliphatic rings. The number of benzene rings is 1. The maximum absolute atomic E-state index is 12.1. The summed E-state index contributed by atoms with van der Waals surface area (Å²) in [5.41, 5.74) is 6.83. The van der Waals surface area contributed by atoms with Gasteiger partial charge in [-0.1, -0.05) is 28.1 Å². The van der Waals surface area contributed by atoms with Crippen LogP contribution in [-0.2, 0) is 11.3 Å². The molecule has 110 valence electrons. The normalized spacial score (nSPS) is 18.5. The molecule has 1 atom stereocenters. The summed E-state index contributed by atoms with van der Waals surface area (Å²) in [5.74, 6) is 1.22. The molecule has 2 heterocycles. The third-order valence-corrected chi connectivity index (χ3v) is 4.28. The number of nitrogens with zero attached hydrogens (tertiary/aromatic N) is 3. The standard InChI is InChI=1S/C15H17BrN4O/c16-13-3-1-11(2-4-13)10-20-14(5-6-18-20)19-9-12(8-17)7-15(19)21/h1-6,12H,7-10,17H2. The lowest BCUT2D eigenvalue weighted by molar-refractivity contribution is -0.117. The first kappa shape index (κ1) is 14.3. The van der Waals surface area contributed by atoms with Crippen LogP contribution in [0.1, 0.15) is 12.0 Å². The Morgan fingerprint density at radius 3 is 2.71 bits per heavy atom. The van der Waals surface area contributed by atoms with Crippen LogP contribution in [0.25, 0.3) is 0 Å². The molecule has 1 amide bonds. The molecule has 1 aromatic heterocycles. The van der Waals surface area contributed by atoms with Gasteiger partial charge in [-0.25, -0.2) is 4.68 Å². The molecule has 2 aromatic rings. The SMILES string of the molecule is NCC1CC(=O)N(c2ccnn2Cc2ccc(Br)cc2)C1. The Balaban J connectivity index is 1.81. The fourth-order valence-electron chi connectivity index (χ4n) is 2.60. The van der Waals surface area contributed by atoms with Crippen molar-refractivity contribution in [2.24, 2.45) is 11.7 Å². The Bertz CT molecular complexity index is 637. The van der Waals surface area contributed by atoms with E-state index in [2.05, 4.69) is 21.0 Å². The van der Waals surface area contributed by atoms with Crippen LogP contribution in [0.2, 0.25) is 0 Å². The van der Waals surface area contributed by atoms with Gasteiger partial charge in [0.25, 0.3) is 0 Å². The number of amides is 1. The van der Waals surface area contributed by atoms with Crippen molar-refractivity contribution in [2.45, 2.75) is 13.0 Å². The van der Waals surface area contributed by atoms with Gasteiger partial charge in [0.05, 0.1) is 12.7 Å². The molecule has 0 aliphatic carbocycles. The zero-order chi connectivity index (χ0) is 14.8. The largest absolute Gasteiger partial charge is 0.330 e. The van der Waals surface area contributed by atoms with Crippen LogP contribution in [0.5, 0.6) is 0 Å². The number of nitrogens with two attached hydrogens (primary N) is 1. The van der Waals surface area contributed by atoms with Crippen LogP contribution in [-0.4, -0.2) is 28.8 Å². The zero-order valence-electron chi connectivity index (χ0n) is 11.6. The molecule has 0 spiro atoms. The Morgan fingerprint density at radius 2 is 2.05 bits per heavy atom. The molecule has 1 saturated heterocycles. The first-order valence-corrected chi connectivity index (χ1v) is 7.73. The fourth-order valence-corrected chi connectivity index (χ4v) is 2.86. The summed E-state index contributed by atoms with van der Waals surface area (Å²) in [6.07, 6.45) is 2.26. The number of anilines is 1. The van der Waals surface area contributed by atoms with Crippen molar-refractivity contribution in [3.63, 3.8) is 0 Å². The van der Waals surface area contributed by atoms with Gasteiger partial charge >= 0.3 is 0 Å². The lowest BCUT2D eigenvalue weighted by Crippen LogP contribution is -2.28. The number of rotatable bonds is 4. The molecule has 3 rings (SSSR count). The van der Waals surface area contributed by atoms with Gasteiger partial charge in [0.1, 0.15) is 5.82 Å². The molecule has 5 nitrogen and oxygen atoms in total. The van der Waals surface area contributed by atoms with Gasteiger partial charge in [-0.2, -0.15) is 5.10 Å². The van der Waals surface area contributed by atoms with E-state index < -0.39 is 0 Å². The first-order chi connectivity index (χ1) is 10.2. The topological polar surface area (TPSA) is 64.2 Å². The van der Waals surface area contributed by atoms with Crippen molar-refractivity contribution in [3.8, 4) is 0 Å². The van der Waals surface area contributed by atoms with Gasteiger partial charge in [-0.15, -0.1) is 0 Å². The van der Waals surface area contributed by atoms with E-state index in [1.807, 2.05) is 35.0 Å². The fraction of sp³-hybridized carbons (Fsp3) is 0.333. The third kappa shape index (κ3) is 3.01. The molecule has 1 aromatic carbocycles. The molecule has 2 N–H and O–H groups in total. The van der Waals surface area contributed by atoms with Gasteiger partial charge < -0.3 is 5.73 Å². The number of hydrogen-bond donors (Lipinski definition) is 1. The lowest BCUT2D eigenvalue weighted by Gasteiger charge is -2.18. The number of aromatic nitrogens is 2. The van der Waals surface area contributed by atoms with E-state index in [1.54, 1.807) is 11.1 Å². The molecule has 21 heavy (non-hydrogen) atoms. The number of carbonyl (C=O) groups is 1. The van der Waals surface area contributed by atoms with E-state index in [4.69, 9.17) is 5.73 Å². The maximum Gasteiger partial charge on any atom is 0.228 e. The number of carbonyl (C=O) groups excluding carboxylic acids is 1. The predicted octanol–water partition coefficient (Wildman–Crippen LogP) is 2.01.